The van der Waals surface area contributed by atoms with Crippen LogP contribution in [0.3, 0.4) is 0 Å². The monoisotopic (exact) mass is 533 g/mol. The third kappa shape index (κ3) is 4.41. The summed E-state index contributed by atoms with van der Waals surface area (Å²) in [6, 6.07) is 15.4. The van der Waals surface area contributed by atoms with Gasteiger partial charge in [-0.1, -0.05) is 34.4 Å². The van der Waals surface area contributed by atoms with E-state index in [0.29, 0.717) is 56.9 Å². The number of aromatic nitrogens is 1. The Bertz CT molecular complexity index is 1550. The lowest BCUT2D eigenvalue weighted by atomic mass is 9.97. The number of nitrogens with zero attached hydrogens (tertiary/aromatic N) is 1. The van der Waals surface area contributed by atoms with Gasteiger partial charge in [0.2, 0.25) is 0 Å². The van der Waals surface area contributed by atoms with E-state index >= 15 is 0 Å². The summed E-state index contributed by atoms with van der Waals surface area (Å²) < 4.78 is 11.9. The molecule has 6 rings (SSSR count). The molecular weight excluding hydrogens is 513 g/mol. The van der Waals surface area contributed by atoms with E-state index in [1.807, 2.05) is 6.07 Å². The van der Waals surface area contributed by atoms with Gasteiger partial charge in [0.1, 0.15) is 23.8 Å². The van der Waals surface area contributed by atoms with E-state index < -0.39 is 5.97 Å². The van der Waals surface area contributed by atoms with Crippen LogP contribution in [0.2, 0.25) is 10.0 Å². The zero-order chi connectivity index (χ0) is 25.7. The summed E-state index contributed by atoms with van der Waals surface area (Å²) in [4.78, 5) is 24.6. The van der Waals surface area contributed by atoms with Crippen molar-refractivity contribution in [1.82, 2.24) is 5.16 Å². The Morgan fingerprint density at radius 1 is 1.00 bits per heavy atom. The lowest BCUT2D eigenvalue weighted by Gasteiger charge is -2.12. The van der Waals surface area contributed by atoms with Gasteiger partial charge in [-0.05, 0) is 85.3 Å². The quantitative estimate of drug-likeness (QED) is 0.283. The SMILES string of the molecule is O=C(O)c1ccc2c(c1)CCc1cc(OCc3c(-c4c(Cl)cccc4Cl)noc3C3CC3)ccc1C2=O. The number of fused-ring (bicyclic) bond motifs is 2. The molecule has 0 atom stereocenters. The van der Waals surface area contributed by atoms with Crippen LogP contribution < -0.4 is 4.74 Å². The number of aryl methyl sites for hydroxylation is 2. The number of hydrogen-bond donors (Lipinski definition) is 1. The highest BCUT2D eigenvalue weighted by Gasteiger charge is 2.34. The molecule has 186 valence electrons. The van der Waals surface area contributed by atoms with Gasteiger partial charge >= 0.3 is 5.97 Å². The Kier molecular flexibility index (Phi) is 6.01. The minimum Gasteiger partial charge on any atom is -0.489 e. The Morgan fingerprint density at radius 2 is 1.68 bits per heavy atom. The topological polar surface area (TPSA) is 89.6 Å². The molecule has 0 saturated heterocycles. The molecule has 0 bridgehead atoms. The number of benzene rings is 3. The molecule has 0 radical (unpaired) electrons. The second-order valence-corrected chi connectivity index (χ2v) is 10.2. The van der Waals surface area contributed by atoms with Gasteiger partial charge in [0.05, 0.1) is 21.2 Å². The molecule has 1 heterocycles. The third-order valence-electron chi connectivity index (χ3n) is 6.93. The normalized spacial score (nSPS) is 14.6. The Morgan fingerprint density at radius 3 is 2.35 bits per heavy atom. The fraction of sp³-hybridized carbons (Fsp3) is 0.207. The Labute approximate surface area is 222 Å². The minimum absolute atomic E-state index is 0.114. The predicted molar refractivity (Wildman–Crippen MR) is 139 cm³/mol. The lowest BCUT2D eigenvalue weighted by Crippen LogP contribution is -2.06. The second-order valence-electron chi connectivity index (χ2n) is 9.36. The first kappa shape index (κ1) is 23.8. The van der Waals surface area contributed by atoms with Gasteiger partial charge in [-0.2, -0.15) is 0 Å². The Hall–Kier alpha value is -3.61. The van der Waals surface area contributed by atoms with Crippen LogP contribution in [0.1, 0.15) is 67.5 Å². The number of halogens is 2. The average molecular weight is 534 g/mol. The molecule has 1 aromatic heterocycles. The molecule has 1 fully saturated rings. The van der Waals surface area contributed by atoms with Crippen molar-refractivity contribution in [2.24, 2.45) is 0 Å². The van der Waals surface area contributed by atoms with E-state index in [9.17, 15) is 14.7 Å². The van der Waals surface area contributed by atoms with E-state index in [-0.39, 0.29) is 18.0 Å². The van der Waals surface area contributed by atoms with E-state index in [1.165, 1.54) is 6.07 Å². The highest BCUT2D eigenvalue weighted by atomic mass is 35.5. The number of carboxylic acids is 1. The summed E-state index contributed by atoms with van der Waals surface area (Å²) in [5.74, 6) is 0.588. The fourth-order valence-corrected chi connectivity index (χ4v) is 5.44. The molecule has 0 aliphatic heterocycles. The van der Waals surface area contributed by atoms with Gasteiger partial charge in [0.15, 0.2) is 5.78 Å². The first-order valence-electron chi connectivity index (χ1n) is 12.0. The maximum atomic E-state index is 13.2. The van der Waals surface area contributed by atoms with Crippen LogP contribution in [0, 0.1) is 0 Å². The maximum Gasteiger partial charge on any atom is 0.335 e. The highest BCUT2D eigenvalue weighted by molar-refractivity contribution is 6.39. The van der Waals surface area contributed by atoms with Crippen molar-refractivity contribution < 1.29 is 24.0 Å². The zero-order valence-corrected chi connectivity index (χ0v) is 21.1. The van der Waals surface area contributed by atoms with Crippen molar-refractivity contribution >= 4 is 35.0 Å². The first-order valence-corrected chi connectivity index (χ1v) is 12.8. The predicted octanol–water partition coefficient (Wildman–Crippen LogP) is 7.13. The first-order chi connectivity index (χ1) is 17.9. The number of aromatic carboxylic acids is 1. The van der Waals surface area contributed by atoms with Gasteiger partial charge in [-0.15, -0.1) is 0 Å². The van der Waals surface area contributed by atoms with Gasteiger partial charge in [0.25, 0.3) is 0 Å². The van der Waals surface area contributed by atoms with Crippen LogP contribution in [-0.4, -0.2) is 22.0 Å². The summed E-state index contributed by atoms with van der Waals surface area (Å²) in [6.45, 7) is 0.209. The molecule has 37 heavy (non-hydrogen) atoms. The van der Waals surface area contributed by atoms with Crippen LogP contribution >= 0.6 is 23.2 Å². The molecule has 0 unspecified atom stereocenters. The van der Waals surface area contributed by atoms with E-state index in [1.54, 1.807) is 42.5 Å². The van der Waals surface area contributed by atoms with Crippen molar-refractivity contribution in [3.8, 4) is 17.0 Å². The smallest absolute Gasteiger partial charge is 0.335 e. The largest absolute Gasteiger partial charge is 0.489 e. The van der Waals surface area contributed by atoms with Crippen LogP contribution in [0.5, 0.6) is 5.75 Å². The fourth-order valence-electron chi connectivity index (χ4n) is 4.86. The molecule has 1 N–H and O–H groups in total. The molecule has 1 saturated carbocycles. The van der Waals surface area contributed by atoms with Crippen LogP contribution in [-0.2, 0) is 19.4 Å². The van der Waals surface area contributed by atoms with Gasteiger partial charge in [-0.3, -0.25) is 4.79 Å². The minimum atomic E-state index is -1.01. The summed E-state index contributed by atoms with van der Waals surface area (Å²) in [5.41, 5.74) is 4.92. The number of carboxylic acid groups (broad SMARTS) is 1. The molecule has 3 aromatic carbocycles. The summed E-state index contributed by atoms with van der Waals surface area (Å²) in [6.07, 6.45) is 3.21. The number of ether oxygens (including phenoxy) is 1. The lowest BCUT2D eigenvalue weighted by molar-refractivity contribution is 0.0696. The average Bonchev–Trinajstić information content (AvgIpc) is 3.67. The molecule has 0 spiro atoms. The highest BCUT2D eigenvalue weighted by Crippen LogP contribution is 2.46. The second kappa shape index (κ2) is 9.36. The number of ketones is 1. The molecular formula is C29H21Cl2NO5. The van der Waals surface area contributed by atoms with Crippen molar-refractivity contribution in [1.29, 1.82) is 0 Å². The Balaban J connectivity index is 1.29. The third-order valence-corrected chi connectivity index (χ3v) is 7.56. The zero-order valence-electron chi connectivity index (χ0n) is 19.6. The van der Waals surface area contributed by atoms with Crippen molar-refractivity contribution in [3.63, 3.8) is 0 Å². The van der Waals surface area contributed by atoms with Gasteiger partial charge in [0, 0.05) is 22.6 Å². The molecule has 6 nitrogen and oxygen atoms in total. The van der Waals surface area contributed by atoms with E-state index in [0.717, 1.165) is 35.3 Å². The van der Waals surface area contributed by atoms with Crippen molar-refractivity contribution in [3.05, 3.63) is 104 Å². The van der Waals surface area contributed by atoms with E-state index in [4.69, 9.17) is 32.5 Å². The number of carbonyl (C=O) groups is 2. The van der Waals surface area contributed by atoms with Crippen molar-refractivity contribution in [2.75, 3.05) is 0 Å². The number of hydrogen-bond acceptors (Lipinski definition) is 5. The summed E-state index contributed by atoms with van der Waals surface area (Å²) in [7, 11) is 0. The van der Waals surface area contributed by atoms with Crippen molar-refractivity contribution in [2.45, 2.75) is 38.2 Å². The summed E-state index contributed by atoms with van der Waals surface area (Å²) >= 11 is 12.9. The van der Waals surface area contributed by atoms with Gasteiger partial charge in [-0.25, -0.2) is 4.79 Å². The molecule has 2 aliphatic carbocycles. The molecule has 4 aromatic rings. The molecule has 8 heteroatoms. The molecule has 2 aliphatic rings. The van der Waals surface area contributed by atoms with Crippen LogP contribution in [0.4, 0.5) is 0 Å². The summed E-state index contributed by atoms with van der Waals surface area (Å²) in [5, 5.41) is 14.6. The van der Waals surface area contributed by atoms with Crippen LogP contribution in [0.25, 0.3) is 11.3 Å². The number of carbonyl (C=O) groups excluding carboxylic acids is 1. The number of rotatable bonds is 6. The van der Waals surface area contributed by atoms with Crippen LogP contribution in [0.15, 0.2) is 59.1 Å². The standard InChI is InChI=1S/C29H21Cl2NO5/c30-23-2-1-3-24(31)25(23)26-22(28(37-32-26)15-4-5-15)14-36-19-9-11-21-17(13-19)7-6-16-12-18(29(34)35)8-10-20(16)27(21)33/h1-3,8-13,15H,4-7,14H2,(H,34,35). The maximum absolute atomic E-state index is 13.2. The van der Waals surface area contributed by atoms with E-state index in [2.05, 4.69) is 5.16 Å². The van der Waals surface area contributed by atoms with Gasteiger partial charge < -0.3 is 14.4 Å². The molecule has 0 amide bonds.